The first-order valence-corrected chi connectivity index (χ1v) is 22.2. The smallest absolute Gasteiger partial charge is 0.337 e. The molecule has 2 atom stereocenters. The number of aliphatic hydroxyl groups is 1. The molecule has 0 saturated heterocycles. The number of aliphatic hydroxyl groups excluding tert-OH is 1. The molecular formula is C49H48Cl4N4O7. The van der Waals surface area contributed by atoms with E-state index < -0.39 is 18.1 Å². The molecule has 0 saturated carbocycles. The minimum absolute atomic E-state index is 0.0174. The summed E-state index contributed by atoms with van der Waals surface area (Å²) < 4.78 is 4.86. The van der Waals surface area contributed by atoms with Crippen LogP contribution in [-0.2, 0) is 30.5 Å². The van der Waals surface area contributed by atoms with Gasteiger partial charge in [0.1, 0.15) is 0 Å². The largest absolute Gasteiger partial charge is 0.465 e. The Balaban J connectivity index is 0.000000192. The van der Waals surface area contributed by atoms with Crippen molar-refractivity contribution in [3.63, 3.8) is 0 Å². The van der Waals surface area contributed by atoms with Crippen LogP contribution in [0, 0.1) is 10.8 Å². The molecule has 3 N–H and O–H groups in total. The maximum absolute atomic E-state index is 13.5. The molecule has 11 nitrogen and oxygen atoms in total. The van der Waals surface area contributed by atoms with Crippen LogP contribution in [0.2, 0.25) is 20.1 Å². The normalized spacial score (nSPS) is 19.6. The molecule has 0 spiro atoms. The lowest BCUT2D eigenvalue weighted by atomic mass is 9.73. The number of ketones is 2. The Morgan fingerprint density at radius 1 is 0.656 bits per heavy atom. The molecule has 2 aliphatic heterocycles. The third-order valence-electron chi connectivity index (χ3n) is 11.8. The van der Waals surface area contributed by atoms with E-state index in [2.05, 4.69) is 24.5 Å². The van der Waals surface area contributed by atoms with E-state index in [0.717, 1.165) is 5.70 Å². The maximum Gasteiger partial charge on any atom is 0.337 e. The number of nitrogens with one attached hydrogen (secondary N) is 2. The first-order chi connectivity index (χ1) is 30.1. The van der Waals surface area contributed by atoms with Crippen molar-refractivity contribution >= 4 is 98.5 Å². The molecule has 15 heteroatoms. The fraction of sp³-hybridized carbons (Fsp3) is 0.327. The average molecular weight is 947 g/mol. The highest BCUT2D eigenvalue weighted by atomic mass is 35.5. The Hall–Kier alpha value is -5.17. The van der Waals surface area contributed by atoms with Gasteiger partial charge in [0.05, 0.1) is 54.1 Å². The number of amides is 2. The fourth-order valence-corrected chi connectivity index (χ4v) is 10.2. The number of methoxy groups -OCH3 is 1. The monoisotopic (exact) mass is 944 g/mol. The van der Waals surface area contributed by atoms with Crippen molar-refractivity contribution < 1.29 is 33.8 Å². The van der Waals surface area contributed by atoms with E-state index in [0.29, 0.717) is 108 Å². The van der Waals surface area contributed by atoms with Gasteiger partial charge in [0.25, 0.3) is 0 Å². The van der Waals surface area contributed by atoms with Gasteiger partial charge in [-0.2, -0.15) is 0 Å². The summed E-state index contributed by atoms with van der Waals surface area (Å²) in [6.45, 7) is 11.0. The highest BCUT2D eigenvalue weighted by Gasteiger charge is 2.45. The van der Waals surface area contributed by atoms with Gasteiger partial charge in [0, 0.05) is 69.3 Å². The van der Waals surface area contributed by atoms with Crippen molar-refractivity contribution in [3.05, 3.63) is 138 Å². The van der Waals surface area contributed by atoms with Gasteiger partial charge in [-0.1, -0.05) is 92.3 Å². The number of hydrogen-bond donors (Lipinski definition) is 3. The van der Waals surface area contributed by atoms with Crippen LogP contribution in [0.25, 0.3) is 0 Å². The lowest BCUT2D eigenvalue weighted by Crippen LogP contribution is -2.38. The Bertz CT molecular complexity index is 2710. The van der Waals surface area contributed by atoms with Crippen LogP contribution in [0.3, 0.4) is 0 Å². The Morgan fingerprint density at radius 3 is 1.50 bits per heavy atom. The van der Waals surface area contributed by atoms with Crippen LogP contribution >= 0.6 is 46.4 Å². The third-order valence-corrected chi connectivity index (χ3v) is 13.0. The average Bonchev–Trinajstić information content (AvgIpc) is 3.43. The van der Waals surface area contributed by atoms with Crippen LogP contribution in [0.15, 0.2) is 95.3 Å². The van der Waals surface area contributed by atoms with Gasteiger partial charge in [-0.05, 0) is 95.0 Å². The van der Waals surface area contributed by atoms with Gasteiger partial charge in [-0.25, -0.2) is 4.79 Å². The second kappa shape index (κ2) is 18.0. The van der Waals surface area contributed by atoms with E-state index in [1.807, 2.05) is 19.9 Å². The van der Waals surface area contributed by atoms with Crippen LogP contribution in [0.1, 0.15) is 106 Å². The summed E-state index contributed by atoms with van der Waals surface area (Å²) in [5.74, 6) is -1.06. The summed E-state index contributed by atoms with van der Waals surface area (Å²) in [7, 11) is 1.31. The molecule has 4 aliphatic rings. The van der Waals surface area contributed by atoms with Gasteiger partial charge >= 0.3 is 5.97 Å². The molecule has 2 heterocycles. The molecule has 0 fully saturated rings. The highest BCUT2D eigenvalue weighted by molar-refractivity contribution is 6.36. The predicted molar refractivity (Wildman–Crippen MR) is 252 cm³/mol. The summed E-state index contributed by atoms with van der Waals surface area (Å²) in [4.78, 5) is 68.4. The number of allylic oxidation sites excluding steroid dienone is 2. The number of fused-ring (bicyclic) bond motifs is 2. The molecule has 4 aromatic rings. The number of carbonyl (C=O) groups excluding carboxylic acids is 5. The minimum Gasteiger partial charge on any atom is -0.465 e. The lowest BCUT2D eigenvalue weighted by Gasteiger charge is -2.37. The zero-order chi connectivity index (χ0) is 46.6. The predicted octanol–water partition coefficient (Wildman–Crippen LogP) is 11.6. The number of carbonyl (C=O) groups is 5. The highest BCUT2D eigenvalue weighted by Crippen LogP contribution is 2.52. The summed E-state index contributed by atoms with van der Waals surface area (Å²) in [5, 5.41) is 18.1. The number of nitrogens with zero attached hydrogens (tertiary/aromatic N) is 2. The molecule has 2 amide bonds. The topological polar surface area (TPSA) is 145 Å². The van der Waals surface area contributed by atoms with E-state index in [4.69, 9.17) is 51.1 Å². The zero-order valence-electron chi connectivity index (χ0n) is 36.4. The van der Waals surface area contributed by atoms with Gasteiger partial charge in [0.2, 0.25) is 11.8 Å². The Kier molecular flexibility index (Phi) is 13.2. The number of Topliss-reactive ketones (excluding diaryl/α,β-unsaturated/α-hetero) is 2. The van der Waals surface area contributed by atoms with Crippen molar-refractivity contribution in [2.45, 2.75) is 85.9 Å². The molecule has 334 valence electrons. The number of benzene rings is 4. The fourth-order valence-electron chi connectivity index (χ4n) is 9.21. The molecule has 0 radical (unpaired) electrons. The molecular weight excluding hydrogens is 898 g/mol. The van der Waals surface area contributed by atoms with Gasteiger partial charge in [-0.15, -0.1) is 0 Å². The van der Waals surface area contributed by atoms with E-state index in [9.17, 15) is 29.1 Å². The van der Waals surface area contributed by atoms with Gasteiger partial charge < -0.3 is 20.5 Å². The second-order valence-corrected chi connectivity index (χ2v) is 19.8. The van der Waals surface area contributed by atoms with Crippen LogP contribution in [0.5, 0.6) is 0 Å². The minimum atomic E-state index is -0.747. The standard InChI is InChI=1S/C25H24Cl2N2O4.C24H24Cl2N2O3/c1-13(30)29-20-8-5-14(24(32)33-4)9-18(20)28-19-11-25(2,3)12-21(31)22(19)23(29)16-7-6-15(26)10-17(16)27;1-13(30)28-20-7-4-14(12-29)8-18(20)27-19-10-24(2,3)11-21(31)22(19)23(28)16-6-5-15(25)9-17(16)26/h5-10,23,28H,11-12H2,1-4H3;4-9,23,27,29H,10-12H2,1-3H3. The van der Waals surface area contributed by atoms with Crippen molar-refractivity contribution in [2.75, 3.05) is 27.5 Å². The summed E-state index contributed by atoms with van der Waals surface area (Å²) >= 11 is 25.4. The lowest BCUT2D eigenvalue weighted by molar-refractivity contribution is -0.120. The quantitative estimate of drug-likeness (QED) is 0.170. The van der Waals surface area contributed by atoms with Crippen molar-refractivity contribution in [3.8, 4) is 0 Å². The SMILES string of the molecule is CC(=O)N1c2ccc(CO)cc2NC2=C(C(=O)CC(C)(C)C2)C1c1ccc(Cl)cc1Cl.COC(=O)c1ccc2c(c1)NC1=C(C(=O)CC(C)(C)C1)C(c1ccc(Cl)cc1Cl)N2C(C)=O. The number of esters is 1. The number of rotatable bonds is 4. The first kappa shape index (κ1) is 46.8. The van der Waals surface area contributed by atoms with Gasteiger partial charge in [-0.3, -0.25) is 29.0 Å². The van der Waals surface area contributed by atoms with Gasteiger partial charge in [0.15, 0.2) is 11.6 Å². The molecule has 2 aliphatic carbocycles. The summed E-state index contributed by atoms with van der Waals surface area (Å²) in [6, 6.07) is 19.0. The van der Waals surface area contributed by atoms with Crippen LogP contribution < -0.4 is 20.4 Å². The molecule has 8 rings (SSSR count). The zero-order valence-corrected chi connectivity index (χ0v) is 39.4. The molecule has 2 unspecified atom stereocenters. The number of anilines is 4. The summed E-state index contributed by atoms with van der Waals surface area (Å²) in [5.41, 5.74) is 6.67. The molecule has 4 aromatic carbocycles. The van der Waals surface area contributed by atoms with Crippen molar-refractivity contribution in [1.29, 1.82) is 0 Å². The number of hydrogen-bond acceptors (Lipinski definition) is 9. The van der Waals surface area contributed by atoms with Crippen LogP contribution in [0.4, 0.5) is 22.7 Å². The van der Waals surface area contributed by atoms with E-state index in [-0.39, 0.29) is 40.8 Å². The number of halogens is 4. The van der Waals surface area contributed by atoms with Crippen molar-refractivity contribution in [2.24, 2.45) is 10.8 Å². The molecule has 0 bridgehead atoms. The van der Waals surface area contributed by atoms with E-state index >= 15 is 0 Å². The third kappa shape index (κ3) is 9.19. The molecule has 64 heavy (non-hydrogen) atoms. The Labute approximate surface area is 392 Å². The van der Waals surface area contributed by atoms with E-state index in [1.165, 1.54) is 21.0 Å². The first-order valence-electron chi connectivity index (χ1n) is 20.7. The number of ether oxygens (including phenoxy) is 1. The second-order valence-electron chi connectivity index (χ2n) is 18.1. The maximum atomic E-state index is 13.5. The van der Waals surface area contributed by atoms with E-state index in [1.54, 1.807) is 76.5 Å². The summed E-state index contributed by atoms with van der Waals surface area (Å²) in [6.07, 6.45) is 1.94. The van der Waals surface area contributed by atoms with Crippen LogP contribution in [-0.4, -0.2) is 41.6 Å². The molecule has 0 aromatic heterocycles. The van der Waals surface area contributed by atoms with Crippen molar-refractivity contribution in [1.82, 2.24) is 0 Å². The Morgan fingerprint density at radius 2 is 1.09 bits per heavy atom.